The van der Waals surface area contributed by atoms with Crippen molar-refractivity contribution in [2.24, 2.45) is 0 Å². The first-order valence-corrected chi connectivity index (χ1v) is 11.7. The minimum absolute atomic E-state index is 0.222. The maximum atomic E-state index is 12.8. The van der Waals surface area contributed by atoms with E-state index in [9.17, 15) is 13.2 Å². The van der Waals surface area contributed by atoms with E-state index >= 15 is 0 Å². The quantitative estimate of drug-likeness (QED) is 0.594. The third kappa shape index (κ3) is 6.27. The lowest BCUT2D eigenvalue weighted by atomic mass is 10.2. The monoisotopic (exact) mass is 447 g/mol. The lowest BCUT2D eigenvalue weighted by molar-refractivity contribution is 0.102. The second-order valence-corrected chi connectivity index (χ2v) is 9.20. The van der Waals surface area contributed by atoms with Gasteiger partial charge in [0.2, 0.25) is 10.0 Å². The molecule has 0 aromatic heterocycles. The largest absolute Gasteiger partial charge is 0.491 e. The summed E-state index contributed by atoms with van der Waals surface area (Å²) in [6.07, 6.45) is 0. The molecule has 1 fully saturated rings. The number of hydrogen-bond donors (Lipinski definition) is 1. The van der Waals surface area contributed by atoms with Gasteiger partial charge in [-0.3, -0.25) is 4.79 Å². The first-order valence-electron chi connectivity index (χ1n) is 10.3. The van der Waals surface area contributed by atoms with Gasteiger partial charge in [-0.2, -0.15) is 4.31 Å². The Kier molecular flexibility index (Phi) is 8.03. The van der Waals surface area contributed by atoms with Crippen molar-refractivity contribution in [3.8, 4) is 5.75 Å². The average Bonchev–Trinajstić information content (AvgIpc) is 2.77. The Morgan fingerprint density at radius 2 is 1.74 bits per heavy atom. The van der Waals surface area contributed by atoms with Crippen LogP contribution in [0.25, 0.3) is 0 Å². The summed E-state index contributed by atoms with van der Waals surface area (Å²) in [5, 5.41) is 2.79. The zero-order chi connectivity index (χ0) is 22.3. The van der Waals surface area contributed by atoms with Crippen LogP contribution in [0.15, 0.2) is 53.4 Å². The molecule has 1 aliphatic heterocycles. The number of carbonyl (C=O) groups is 1. The molecule has 0 aliphatic carbocycles. The number of sulfonamides is 1. The van der Waals surface area contributed by atoms with Crippen molar-refractivity contribution in [2.45, 2.75) is 11.8 Å². The summed E-state index contributed by atoms with van der Waals surface area (Å²) in [4.78, 5) is 14.9. The van der Waals surface area contributed by atoms with Gasteiger partial charge in [0.05, 0.1) is 11.5 Å². The highest BCUT2D eigenvalue weighted by molar-refractivity contribution is 7.89. The van der Waals surface area contributed by atoms with Gasteiger partial charge >= 0.3 is 0 Å². The molecule has 9 heteroatoms. The molecular formula is C22H29N3O5S. The van der Waals surface area contributed by atoms with Crippen molar-refractivity contribution in [3.63, 3.8) is 0 Å². The molecule has 8 nitrogen and oxygen atoms in total. The zero-order valence-electron chi connectivity index (χ0n) is 17.9. The van der Waals surface area contributed by atoms with Gasteiger partial charge in [0.1, 0.15) is 12.4 Å². The first kappa shape index (κ1) is 23.2. The number of piperazine rings is 1. The van der Waals surface area contributed by atoms with E-state index in [1.54, 1.807) is 36.4 Å². The molecule has 1 N–H and O–H groups in total. The van der Waals surface area contributed by atoms with E-state index in [0.29, 0.717) is 63.0 Å². The topological polar surface area (TPSA) is 88.2 Å². The SMILES string of the molecule is CCOCCOc1cccc(C(=O)Nc2ccc(S(=O)(=O)N3CCN(C)CC3)cc2)c1. The van der Waals surface area contributed by atoms with Gasteiger partial charge in [-0.25, -0.2) is 8.42 Å². The molecule has 0 radical (unpaired) electrons. The summed E-state index contributed by atoms with van der Waals surface area (Å²) >= 11 is 0. The highest BCUT2D eigenvalue weighted by Gasteiger charge is 2.27. The van der Waals surface area contributed by atoms with Crippen LogP contribution in [0, 0.1) is 0 Å². The smallest absolute Gasteiger partial charge is 0.255 e. The molecule has 2 aromatic rings. The number of anilines is 1. The molecule has 31 heavy (non-hydrogen) atoms. The van der Waals surface area contributed by atoms with Crippen LogP contribution in [0.3, 0.4) is 0 Å². The number of rotatable bonds is 9. The van der Waals surface area contributed by atoms with Crippen LogP contribution in [0.1, 0.15) is 17.3 Å². The molecule has 0 bridgehead atoms. The maximum Gasteiger partial charge on any atom is 0.255 e. The van der Waals surface area contributed by atoms with Gasteiger partial charge in [-0.05, 0) is 56.4 Å². The Morgan fingerprint density at radius 1 is 1.03 bits per heavy atom. The van der Waals surface area contributed by atoms with Gasteiger partial charge < -0.3 is 19.7 Å². The molecule has 1 saturated heterocycles. The fourth-order valence-corrected chi connectivity index (χ4v) is 4.60. The van der Waals surface area contributed by atoms with Gasteiger partial charge in [0, 0.05) is 44.0 Å². The summed E-state index contributed by atoms with van der Waals surface area (Å²) in [7, 11) is -1.56. The average molecular weight is 448 g/mol. The number of nitrogens with zero attached hydrogens (tertiary/aromatic N) is 2. The minimum atomic E-state index is -3.53. The molecule has 0 unspecified atom stereocenters. The highest BCUT2D eigenvalue weighted by Crippen LogP contribution is 2.21. The summed E-state index contributed by atoms with van der Waals surface area (Å²) in [6.45, 7) is 5.79. The molecule has 2 aromatic carbocycles. The number of amides is 1. The van der Waals surface area contributed by atoms with E-state index < -0.39 is 10.0 Å². The van der Waals surface area contributed by atoms with Crippen LogP contribution >= 0.6 is 0 Å². The van der Waals surface area contributed by atoms with Crippen molar-refractivity contribution >= 4 is 21.6 Å². The van der Waals surface area contributed by atoms with Crippen molar-refractivity contribution in [2.75, 3.05) is 58.4 Å². The summed E-state index contributed by atoms with van der Waals surface area (Å²) in [5.41, 5.74) is 0.966. The van der Waals surface area contributed by atoms with E-state index in [1.165, 1.54) is 16.4 Å². The number of nitrogens with one attached hydrogen (secondary N) is 1. The minimum Gasteiger partial charge on any atom is -0.491 e. The molecule has 1 heterocycles. The molecular weight excluding hydrogens is 418 g/mol. The highest BCUT2D eigenvalue weighted by atomic mass is 32.2. The fourth-order valence-electron chi connectivity index (χ4n) is 3.18. The van der Waals surface area contributed by atoms with E-state index in [0.717, 1.165) is 0 Å². The standard InChI is InChI=1S/C22H29N3O5S/c1-3-29-15-16-30-20-6-4-5-18(17-20)22(26)23-19-7-9-21(10-8-19)31(27,28)25-13-11-24(2)12-14-25/h4-10,17H,3,11-16H2,1-2H3,(H,23,26). The summed E-state index contributed by atoms with van der Waals surface area (Å²) in [6, 6.07) is 13.1. The van der Waals surface area contributed by atoms with Crippen molar-refractivity contribution in [3.05, 3.63) is 54.1 Å². The van der Waals surface area contributed by atoms with E-state index in [4.69, 9.17) is 9.47 Å². The third-order valence-corrected chi connectivity index (χ3v) is 6.92. The van der Waals surface area contributed by atoms with Crippen LogP contribution in [-0.2, 0) is 14.8 Å². The molecule has 1 aliphatic rings. The predicted molar refractivity (Wildman–Crippen MR) is 119 cm³/mol. The molecule has 0 saturated carbocycles. The van der Waals surface area contributed by atoms with E-state index in [1.807, 2.05) is 14.0 Å². The van der Waals surface area contributed by atoms with Crippen molar-refractivity contribution in [1.82, 2.24) is 9.21 Å². The van der Waals surface area contributed by atoms with E-state index in [-0.39, 0.29) is 10.8 Å². The molecule has 0 spiro atoms. The normalized spacial score (nSPS) is 15.5. The number of hydrogen-bond acceptors (Lipinski definition) is 6. The van der Waals surface area contributed by atoms with Crippen LogP contribution in [0.4, 0.5) is 5.69 Å². The lowest BCUT2D eigenvalue weighted by Gasteiger charge is -2.31. The Morgan fingerprint density at radius 3 is 2.42 bits per heavy atom. The Labute approximate surface area is 183 Å². The second-order valence-electron chi connectivity index (χ2n) is 7.26. The first-order chi connectivity index (χ1) is 14.9. The number of ether oxygens (including phenoxy) is 2. The fraction of sp³-hybridized carbons (Fsp3) is 0.409. The van der Waals surface area contributed by atoms with Crippen LogP contribution in [0.5, 0.6) is 5.75 Å². The van der Waals surface area contributed by atoms with Gasteiger partial charge in [0.15, 0.2) is 0 Å². The van der Waals surface area contributed by atoms with E-state index in [2.05, 4.69) is 10.2 Å². The second kappa shape index (κ2) is 10.7. The molecule has 168 valence electrons. The Hall–Kier alpha value is -2.46. The molecule has 3 rings (SSSR count). The number of benzene rings is 2. The van der Waals surface area contributed by atoms with Gasteiger partial charge in [0.25, 0.3) is 5.91 Å². The van der Waals surface area contributed by atoms with Crippen LogP contribution in [0.2, 0.25) is 0 Å². The van der Waals surface area contributed by atoms with Gasteiger partial charge in [-0.1, -0.05) is 6.07 Å². The lowest BCUT2D eigenvalue weighted by Crippen LogP contribution is -2.46. The van der Waals surface area contributed by atoms with Crippen molar-refractivity contribution < 1.29 is 22.7 Å². The Bertz CT molecular complexity index is 971. The molecule has 1 amide bonds. The van der Waals surface area contributed by atoms with Crippen LogP contribution in [-0.4, -0.2) is 76.6 Å². The maximum absolute atomic E-state index is 12.8. The Balaban J connectivity index is 1.61. The van der Waals surface area contributed by atoms with Gasteiger partial charge in [-0.15, -0.1) is 0 Å². The molecule has 0 atom stereocenters. The van der Waals surface area contributed by atoms with Crippen molar-refractivity contribution in [1.29, 1.82) is 0 Å². The third-order valence-electron chi connectivity index (χ3n) is 5.01. The zero-order valence-corrected chi connectivity index (χ0v) is 18.7. The number of carbonyl (C=O) groups excluding carboxylic acids is 1. The number of likely N-dealkylation sites (N-methyl/N-ethyl adjacent to an activating group) is 1. The summed E-state index contributed by atoms with van der Waals surface area (Å²) in [5.74, 6) is 0.283. The van der Waals surface area contributed by atoms with Crippen LogP contribution < -0.4 is 10.1 Å². The summed E-state index contributed by atoms with van der Waals surface area (Å²) < 4.78 is 37.9. The predicted octanol–water partition coefficient (Wildman–Crippen LogP) is 2.29.